The lowest BCUT2D eigenvalue weighted by molar-refractivity contribution is -0.0564. The minimum absolute atomic E-state index is 0.0764. The van der Waals surface area contributed by atoms with Crippen molar-refractivity contribution in [3.05, 3.63) is 34.9 Å². The molecule has 0 aromatic heterocycles. The van der Waals surface area contributed by atoms with Gasteiger partial charge in [0.1, 0.15) is 0 Å². The second-order valence-corrected chi connectivity index (χ2v) is 9.86. The van der Waals surface area contributed by atoms with E-state index in [1.807, 2.05) is 29.2 Å². The fraction of sp³-hybridized carbons (Fsp3) is 0.720. The molecule has 3 rings (SSSR count). The summed E-state index contributed by atoms with van der Waals surface area (Å²) in [4.78, 5) is 14.9. The average Bonchev–Trinajstić information content (AvgIpc) is 3.34. The van der Waals surface area contributed by atoms with Crippen molar-refractivity contribution >= 4 is 17.6 Å². The van der Waals surface area contributed by atoms with E-state index in [2.05, 4.69) is 5.32 Å². The van der Waals surface area contributed by atoms with Crippen molar-refractivity contribution in [2.75, 3.05) is 40.0 Å². The molecule has 4 N–H and O–H groups in total. The summed E-state index contributed by atoms with van der Waals surface area (Å²) in [6.45, 7) is 3.01. The number of carbonyl (C=O) groups excluding carboxylic acids is 1. The number of unbranched alkanes of at least 4 members (excludes halogenated alkanes) is 1. The maximum atomic E-state index is 13.1. The van der Waals surface area contributed by atoms with E-state index < -0.39 is 5.60 Å². The third-order valence-corrected chi connectivity index (χ3v) is 7.28. The molecule has 33 heavy (non-hydrogen) atoms. The van der Waals surface area contributed by atoms with Gasteiger partial charge in [-0.1, -0.05) is 23.7 Å². The zero-order valence-corrected chi connectivity index (χ0v) is 20.6. The maximum absolute atomic E-state index is 13.1. The van der Waals surface area contributed by atoms with Gasteiger partial charge >= 0.3 is 6.03 Å². The van der Waals surface area contributed by atoms with Gasteiger partial charge < -0.3 is 30.5 Å². The number of piperidine rings is 1. The Labute approximate surface area is 202 Å². The summed E-state index contributed by atoms with van der Waals surface area (Å²) in [6.07, 6.45) is 7.00. The molecule has 1 aromatic rings. The molecule has 0 radical (unpaired) electrons. The zero-order valence-electron chi connectivity index (χ0n) is 19.8. The fourth-order valence-corrected chi connectivity index (χ4v) is 5.35. The highest BCUT2D eigenvalue weighted by Crippen LogP contribution is 2.40. The van der Waals surface area contributed by atoms with E-state index >= 15 is 0 Å². The number of nitrogens with zero attached hydrogens (tertiary/aromatic N) is 1. The summed E-state index contributed by atoms with van der Waals surface area (Å²) in [5.74, 6) is -0.0764. The number of urea groups is 1. The first kappa shape index (κ1) is 26.2. The number of methoxy groups -OCH3 is 1. The summed E-state index contributed by atoms with van der Waals surface area (Å²) >= 11 is 6.27. The molecular formula is C25H40ClN3O4. The van der Waals surface area contributed by atoms with Crippen molar-refractivity contribution in [2.24, 2.45) is 11.7 Å². The van der Waals surface area contributed by atoms with Gasteiger partial charge in [-0.25, -0.2) is 4.79 Å². The van der Waals surface area contributed by atoms with Crippen LogP contribution >= 0.6 is 11.6 Å². The van der Waals surface area contributed by atoms with Crippen molar-refractivity contribution in [1.82, 2.24) is 10.2 Å². The number of carbonyl (C=O) groups is 1. The van der Waals surface area contributed by atoms with Gasteiger partial charge in [0.25, 0.3) is 0 Å². The molecule has 186 valence electrons. The normalized spacial score (nSPS) is 23.8. The molecule has 2 aliphatic rings. The van der Waals surface area contributed by atoms with Gasteiger partial charge in [-0.05, 0) is 69.1 Å². The summed E-state index contributed by atoms with van der Waals surface area (Å²) < 4.78 is 10.9. The standard InChI is InChI=1S/C25H40ClN3O4/c1-32-13-3-2-11-25(31,19-7-4-9-21(26)15-19)20-8-5-12-29(18-20)24(30)28-22(17-27)16-23-10-6-14-33-23/h4,7,9,15,20,22-23,31H,2-3,5-6,8,10-14,16-18,27H2,1H3,(H,28,30). The molecule has 7 nitrogen and oxygen atoms in total. The van der Waals surface area contributed by atoms with Crippen LogP contribution in [0.15, 0.2) is 24.3 Å². The van der Waals surface area contributed by atoms with Gasteiger partial charge in [0.15, 0.2) is 0 Å². The lowest BCUT2D eigenvalue weighted by Gasteiger charge is -2.43. The average molecular weight is 482 g/mol. The van der Waals surface area contributed by atoms with E-state index in [1.54, 1.807) is 7.11 Å². The Hall–Kier alpha value is -1.38. The minimum Gasteiger partial charge on any atom is -0.385 e. The largest absolute Gasteiger partial charge is 0.385 e. The van der Waals surface area contributed by atoms with E-state index in [4.69, 9.17) is 26.8 Å². The number of amides is 2. The number of aliphatic hydroxyl groups is 1. The van der Waals surface area contributed by atoms with E-state index in [0.717, 1.165) is 57.1 Å². The van der Waals surface area contributed by atoms with Crippen molar-refractivity contribution in [2.45, 2.75) is 69.1 Å². The molecule has 0 aliphatic carbocycles. The molecule has 0 spiro atoms. The first-order valence-corrected chi connectivity index (χ1v) is 12.7. The van der Waals surface area contributed by atoms with Crippen LogP contribution in [0.5, 0.6) is 0 Å². The van der Waals surface area contributed by atoms with Crippen LogP contribution in [0.25, 0.3) is 0 Å². The Balaban J connectivity index is 1.67. The van der Waals surface area contributed by atoms with E-state index in [-0.39, 0.29) is 24.1 Å². The molecule has 2 heterocycles. The predicted molar refractivity (Wildman–Crippen MR) is 130 cm³/mol. The number of hydrogen-bond donors (Lipinski definition) is 3. The van der Waals surface area contributed by atoms with Crippen LogP contribution in [-0.4, -0.2) is 68.1 Å². The van der Waals surface area contributed by atoms with Crippen LogP contribution in [0, 0.1) is 5.92 Å². The third kappa shape index (κ3) is 7.30. The number of rotatable bonds is 11. The van der Waals surface area contributed by atoms with Crippen molar-refractivity contribution in [3.63, 3.8) is 0 Å². The second-order valence-electron chi connectivity index (χ2n) is 9.42. The quantitative estimate of drug-likeness (QED) is 0.419. The SMILES string of the molecule is COCCCCC(O)(c1cccc(Cl)c1)C1CCCN(C(=O)NC(CN)CC2CCCO2)C1. The zero-order chi connectivity index (χ0) is 23.7. The van der Waals surface area contributed by atoms with Crippen LogP contribution in [0.2, 0.25) is 5.02 Å². The van der Waals surface area contributed by atoms with Crippen LogP contribution in [0.1, 0.15) is 56.9 Å². The maximum Gasteiger partial charge on any atom is 0.317 e. The number of benzene rings is 1. The highest BCUT2D eigenvalue weighted by Gasteiger charge is 2.41. The Bertz CT molecular complexity index is 746. The van der Waals surface area contributed by atoms with E-state index in [1.165, 1.54) is 0 Å². The van der Waals surface area contributed by atoms with Gasteiger partial charge in [-0.15, -0.1) is 0 Å². The Morgan fingerprint density at radius 2 is 2.24 bits per heavy atom. The Morgan fingerprint density at radius 1 is 1.39 bits per heavy atom. The highest BCUT2D eigenvalue weighted by atomic mass is 35.5. The lowest BCUT2D eigenvalue weighted by atomic mass is 9.74. The lowest BCUT2D eigenvalue weighted by Crippen LogP contribution is -2.54. The monoisotopic (exact) mass is 481 g/mol. The summed E-state index contributed by atoms with van der Waals surface area (Å²) in [7, 11) is 1.69. The number of halogens is 1. The van der Waals surface area contributed by atoms with Gasteiger partial charge in [-0.3, -0.25) is 0 Å². The Morgan fingerprint density at radius 3 is 2.94 bits per heavy atom. The third-order valence-electron chi connectivity index (χ3n) is 7.05. The second kappa shape index (κ2) is 12.9. The van der Waals surface area contributed by atoms with Gasteiger partial charge in [-0.2, -0.15) is 0 Å². The number of ether oxygens (including phenoxy) is 2. The topological polar surface area (TPSA) is 97.1 Å². The minimum atomic E-state index is -1.05. The van der Waals surface area contributed by atoms with Crippen molar-refractivity contribution in [3.8, 4) is 0 Å². The van der Waals surface area contributed by atoms with Crippen molar-refractivity contribution in [1.29, 1.82) is 0 Å². The first-order valence-electron chi connectivity index (χ1n) is 12.3. The Kier molecular flexibility index (Phi) is 10.3. The molecule has 4 unspecified atom stereocenters. The number of nitrogens with two attached hydrogens (primary N) is 1. The fourth-order valence-electron chi connectivity index (χ4n) is 5.16. The molecule has 0 bridgehead atoms. The summed E-state index contributed by atoms with van der Waals surface area (Å²) in [6, 6.07) is 7.26. The van der Waals surface area contributed by atoms with Crippen LogP contribution in [0.4, 0.5) is 4.79 Å². The first-order chi connectivity index (χ1) is 16.0. The van der Waals surface area contributed by atoms with Crippen LogP contribution in [-0.2, 0) is 15.1 Å². The summed E-state index contributed by atoms with van der Waals surface area (Å²) in [5, 5.41) is 15.7. The molecule has 0 saturated carbocycles. The van der Waals surface area contributed by atoms with Crippen LogP contribution in [0.3, 0.4) is 0 Å². The molecule has 1 aromatic carbocycles. The molecule has 2 amide bonds. The molecule has 4 atom stereocenters. The number of likely N-dealkylation sites (tertiary alicyclic amines) is 1. The van der Waals surface area contributed by atoms with Gasteiger partial charge in [0.2, 0.25) is 0 Å². The highest BCUT2D eigenvalue weighted by molar-refractivity contribution is 6.30. The molecular weight excluding hydrogens is 442 g/mol. The van der Waals surface area contributed by atoms with Crippen LogP contribution < -0.4 is 11.1 Å². The summed E-state index contributed by atoms with van der Waals surface area (Å²) in [5.41, 5.74) is 5.71. The molecule has 8 heteroatoms. The predicted octanol–water partition coefficient (Wildman–Crippen LogP) is 3.66. The number of hydrogen-bond acceptors (Lipinski definition) is 5. The van der Waals surface area contributed by atoms with Gasteiger partial charge in [0.05, 0.1) is 11.7 Å². The molecule has 2 fully saturated rings. The molecule has 2 aliphatic heterocycles. The molecule has 2 saturated heterocycles. The van der Waals surface area contributed by atoms with Crippen molar-refractivity contribution < 1.29 is 19.4 Å². The smallest absolute Gasteiger partial charge is 0.317 e. The number of nitrogens with one attached hydrogen (secondary N) is 1. The van der Waals surface area contributed by atoms with Gasteiger partial charge in [0, 0.05) is 56.9 Å². The van der Waals surface area contributed by atoms with E-state index in [9.17, 15) is 9.90 Å². The van der Waals surface area contributed by atoms with E-state index in [0.29, 0.717) is 37.7 Å².